The maximum Gasteiger partial charge on any atom is 0.220 e. The van der Waals surface area contributed by atoms with Crippen LogP contribution in [-0.2, 0) is 6.42 Å². The van der Waals surface area contributed by atoms with Gasteiger partial charge in [-0.1, -0.05) is 18.2 Å². The summed E-state index contributed by atoms with van der Waals surface area (Å²) in [6.07, 6.45) is 6.13. The van der Waals surface area contributed by atoms with Crippen molar-refractivity contribution in [3.8, 4) is 0 Å². The number of hydrogen-bond donors (Lipinski definition) is 1. The Balaban J connectivity index is 2.18. The summed E-state index contributed by atoms with van der Waals surface area (Å²) in [5.41, 5.74) is 11.4. The predicted octanol–water partition coefficient (Wildman–Crippen LogP) is 2.48. The van der Waals surface area contributed by atoms with E-state index in [1.165, 1.54) is 0 Å². The highest BCUT2D eigenvalue weighted by Gasteiger charge is 2.20. The maximum absolute atomic E-state index is 6.02. The molecule has 25 heavy (non-hydrogen) atoms. The van der Waals surface area contributed by atoms with Crippen LogP contribution in [0.2, 0.25) is 5.21 Å². The molecule has 0 bridgehead atoms. The molecule has 0 saturated heterocycles. The first kappa shape index (κ1) is 17.3. The first-order valence-electron chi connectivity index (χ1n) is 8.09. The van der Waals surface area contributed by atoms with E-state index in [9.17, 15) is 0 Å². The van der Waals surface area contributed by atoms with Crippen molar-refractivity contribution in [2.24, 2.45) is 0 Å². The van der Waals surface area contributed by atoms with Gasteiger partial charge in [-0.3, -0.25) is 0 Å². The van der Waals surface area contributed by atoms with E-state index in [4.69, 9.17) is 21.4 Å². The minimum absolute atomic E-state index is 0.224. The Hall–Kier alpha value is -2.56. The summed E-state index contributed by atoms with van der Waals surface area (Å²) in [4.78, 5) is 8.75. The Morgan fingerprint density at radius 1 is 1.32 bits per heavy atom. The molecule has 0 aliphatic heterocycles. The van der Waals surface area contributed by atoms with Gasteiger partial charge in [0.15, 0.2) is 0 Å². The molecule has 2 N–H and O–H groups in total. The molecule has 0 amide bonds. The number of anilines is 1. The Morgan fingerprint density at radius 2 is 2.08 bits per heavy atom. The van der Waals surface area contributed by atoms with Crippen LogP contribution in [0.3, 0.4) is 0 Å². The molecule has 4 radical (unpaired) electrons. The zero-order valence-corrected chi connectivity index (χ0v) is 14.7. The molecule has 0 fully saturated rings. The first-order chi connectivity index (χ1) is 11.8. The van der Waals surface area contributed by atoms with Crippen LogP contribution in [0.1, 0.15) is 36.4 Å². The van der Waals surface area contributed by atoms with Crippen LogP contribution in [0.25, 0.3) is 11.1 Å². The van der Waals surface area contributed by atoms with Gasteiger partial charge in [-0.05, 0) is 49.6 Å². The van der Waals surface area contributed by atoms with E-state index in [0.29, 0.717) is 6.42 Å². The van der Waals surface area contributed by atoms with Gasteiger partial charge in [0, 0.05) is 18.0 Å². The number of nitrogen functional groups attached to an aromatic ring is 1. The van der Waals surface area contributed by atoms with E-state index in [-0.39, 0.29) is 5.95 Å². The minimum Gasteiger partial charge on any atom is -0.368 e. The van der Waals surface area contributed by atoms with Crippen LogP contribution in [0.4, 0.5) is 5.95 Å². The smallest absolute Gasteiger partial charge is 0.220 e. The first-order valence-corrected chi connectivity index (χ1v) is 8.09. The fourth-order valence-corrected chi connectivity index (χ4v) is 3.04. The van der Waals surface area contributed by atoms with Gasteiger partial charge in [0.05, 0.1) is 32.6 Å². The Labute approximate surface area is 150 Å². The lowest BCUT2D eigenvalue weighted by Crippen LogP contribution is -2.16. The largest absolute Gasteiger partial charge is 0.368 e. The number of allylic oxidation sites excluding steroid dienone is 1. The lowest BCUT2D eigenvalue weighted by Gasteiger charge is -2.22. The molecule has 122 valence electrons. The Morgan fingerprint density at radius 3 is 2.76 bits per heavy atom. The third-order valence-corrected chi connectivity index (χ3v) is 4.00. The molecule has 0 aliphatic carbocycles. The van der Waals surface area contributed by atoms with Crippen molar-refractivity contribution >= 4 is 32.7 Å². The second kappa shape index (κ2) is 6.39. The van der Waals surface area contributed by atoms with Crippen LogP contribution in [0, 0.1) is 6.92 Å². The van der Waals surface area contributed by atoms with Crippen molar-refractivity contribution in [2.75, 3.05) is 5.73 Å². The molecule has 0 unspecified atom stereocenters. The second-order valence-corrected chi connectivity index (χ2v) is 6.49. The number of pyridine rings is 1. The van der Waals surface area contributed by atoms with Gasteiger partial charge in [-0.15, -0.1) is 0 Å². The van der Waals surface area contributed by atoms with Crippen molar-refractivity contribution in [3.05, 3.63) is 59.2 Å². The van der Waals surface area contributed by atoms with Crippen molar-refractivity contribution in [2.45, 2.75) is 32.4 Å². The molecule has 7 heteroatoms. The fourth-order valence-electron chi connectivity index (χ4n) is 3.04. The Kier molecular flexibility index (Phi) is 4.41. The van der Waals surface area contributed by atoms with Crippen LogP contribution in [-0.4, -0.2) is 35.3 Å². The molecular formula is C18H19B2N5. The van der Waals surface area contributed by atoms with Gasteiger partial charge in [0.25, 0.3) is 0 Å². The second-order valence-electron chi connectivity index (χ2n) is 6.49. The maximum atomic E-state index is 6.02. The zero-order valence-electron chi connectivity index (χ0n) is 14.7. The monoisotopic (exact) mass is 327 g/mol. The van der Waals surface area contributed by atoms with Crippen LogP contribution in [0.5, 0.6) is 0 Å². The molecular weight excluding hydrogens is 308 g/mol. The molecule has 3 rings (SSSR count). The number of nitrogens with two attached hydrogens (primary N) is 1. The molecule has 0 saturated carbocycles. The highest BCUT2D eigenvalue weighted by atomic mass is 15.2. The van der Waals surface area contributed by atoms with Crippen molar-refractivity contribution in [3.63, 3.8) is 0 Å². The normalized spacial score (nSPS) is 12.7. The van der Waals surface area contributed by atoms with Crippen LogP contribution < -0.4 is 5.73 Å². The average molecular weight is 327 g/mol. The predicted molar refractivity (Wildman–Crippen MR) is 103 cm³/mol. The van der Waals surface area contributed by atoms with Gasteiger partial charge in [-0.25, -0.2) is 14.5 Å². The fraction of sp³-hybridized carbons (Fsp3) is 0.278. The topological polar surface area (TPSA) is 69.1 Å². The van der Waals surface area contributed by atoms with Crippen molar-refractivity contribution < 1.29 is 0 Å². The third-order valence-electron chi connectivity index (χ3n) is 4.00. The summed E-state index contributed by atoms with van der Waals surface area (Å²) < 4.78 is 1.82. The number of aromatic nitrogens is 4. The molecule has 0 aliphatic rings. The van der Waals surface area contributed by atoms with Crippen molar-refractivity contribution in [1.82, 2.24) is 19.6 Å². The van der Waals surface area contributed by atoms with E-state index >= 15 is 0 Å². The third kappa shape index (κ3) is 3.60. The lowest BCUT2D eigenvalue weighted by molar-refractivity contribution is 0.798. The standard InChI is InChI=1S/C18H19B2N5/c1-4-14(12-6-8-25-13(9-12)5-7-22-25)16-11(2)23-17(21)24-15(16)10-18(3,19)20/h4-9H,10H2,1-3H3,(H2,21,23,24)/b14-4-. The number of rotatable bonds is 4. The molecule has 5 nitrogen and oxygen atoms in total. The zero-order chi connectivity index (χ0) is 18.2. The van der Waals surface area contributed by atoms with Crippen LogP contribution >= 0.6 is 0 Å². The molecule has 3 aromatic heterocycles. The molecule has 0 aromatic carbocycles. The van der Waals surface area contributed by atoms with E-state index in [1.54, 1.807) is 13.1 Å². The summed E-state index contributed by atoms with van der Waals surface area (Å²) in [6, 6.07) is 6.05. The van der Waals surface area contributed by atoms with E-state index in [1.807, 2.05) is 42.8 Å². The lowest BCUT2D eigenvalue weighted by atomic mass is 9.53. The highest BCUT2D eigenvalue weighted by Crippen LogP contribution is 2.32. The Bertz CT molecular complexity index is 954. The van der Waals surface area contributed by atoms with Crippen LogP contribution in [0.15, 0.2) is 36.7 Å². The van der Waals surface area contributed by atoms with Gasteiger partial charge in [0.1, 0.15) is 0 Å². The summed E-state index contributed by atoms with van der Waals surface area (Å²) in [6.45, 7) is 5.67. The number of hydrogen-bond acceptors (Lipinski definition) is 4. The van der Waals surface area contributed by atoms with Gasteiger partial charge in [0.2, 0.25) is 5.95 Å². The minimum atomic E-state index is -0.893. The summed E-state index contributed by atoms with van der Waals surface area (Å²) in [5, 5.41) is 3.34. The molecule has 0 spiro atoms. The quantitative estimate of drug-likeness (QED) is 0.748. The summed E-state index contributed by atoms with van der Waals surface area (Å²) >= 11 is 0. The SMILES string of the molecule is [B]C([B])(C)Cc1nc(N)nc(C)c1/C(=C\C)c1ccn2nccc2c1. The molecule has 3 heterocycles. The average Bonchev–Trinajstić information content (AvgIpc) is 2.96. The molecule has 0 atom stereocenters. The number of fused-ring (bicyclic) bond motifs is 1. The number of nitrogens with zero attached hydrogens (tertiary/aromatic N) is 4. The summed E-state index contributed by atoms with van der Waals surface area (Å²) in [7, 11) is 12.0. The van der Waals surface area contributed by atoms with Crippen molar-refractivity contribution in [1.29, 1.82) is 0 Å². The number of aryl methyl sites for hydroxylation is 1. The van der Waals surface area contributed by atoms with Gasteiger partial charge >= 0.3 is 0 Å². The molecule has 3 aromatic rings. The summed E-state index contributed by atoms with van der Waals surface area (Å²) in [5.74, 6) is 0.224. The van der Waals surface area contributed by atoms with E-state index in [0.717, 1.165) is 33.6 Å². The van der Waals surface area contributed by atoms with Gasteiger partial charge < -0.3 is 5.73 Å². The van der Waals surface area contributed by atoms with E-state index in [2.05, 4.69) is 21.1 Å². The van der Waals surface area contributed by atoms with Gasteiger partial charge in [-0.2, -0.15) is 5.10 Å². The highest BCUT2D eigenvalue weighted by molar-refractivity contribution is 6.39. The van der Waals surface area contributed by atoms with E-state index < -0.39 is 5.21 Å².